The third kappa shape index (κ3) is 4.25. The van der Waals surface area contributed by atoms with Crippen molar-refractivity contribution < 1.29 is 9.59 Å². The number of piperazine rings is 1. The summed E-state index contributed by atoms with van der Waals surface area (Å²) in [5.41, 5.74) is 0.733. The zero-order valence-corrected chi connectivity index (χ0v) is 15.5. The van der Waals surface area contributed by atoms with Crippen LogP contribution in [-0.2, 0) is 4.79 Å². The van der Waals surface area contributed by atoms with Gasteiger partial charge in [0.1, 0.15) is 0 Å². The molecule has 2 amide bonds. The third-order valence-corrected chi connectivity index (χ3v) is 5.67. The Morgan fingerprint density at radius 2 is 1.52 bits per heavy atom. The maximum Gasteiger partial charge on any atom is 0.253 e. The number of hydrogen-bond donors (Lipinski definition) is 0. The monoisotopic (exact) mass is 426 g/mol. The summed E-state index contributed by atoms with van der Waals surface area (Å²) in [5.74, 6) is 0.941. The number of amides is 2. The Labute approximate surface area is 151 Å². The van der Waals surface area contributed by atoms with Crippen LogP contribution in [-0.4, -0.2) is 47.8 Å². The van der Waals surface area contributed by atoms with Crippen molar-refractivity contribution in [1.82, 2.24) is 9.80 Å². The fraction of sp³-hybridized carbons (Fsp3) is 0.556. The molecule has 0 unspecified atom stereocenters. The number of carbonyl (C=O) groups excluding carboxylic acids is 2. The van der Waals surface area contributed by atoms with Crippen molar-refractivity contribution in [2.24, 2.45) is 5.92 Å². The molecule has 5 heteroatoms. The van der Waals surface area contributed by atoms with Gasteiger partial charge in [0.2, 0.25) is 5.91 Å². The number of halogens is 1. The van der Waals surface area contributed by atoms with Crippen LogP contribution in [0.1, 0.15) is 42.5 Å². The van der Waals surface area contributed by atoms with Gasteiger partial charge >= 0.3 is 0 Å². The van der Waals surface area contributed by atoms with E-state index in [4.69, 9.17) is 0 Å². The first-order chi connectivity index (χ1) is 11.1. The van der Waals surface area contributed by atoms with Gasteiger partial charge in [0.15, 0.2) is 0 Å². The summed E-state index contributed by atoms with van der Waals surface area (Å²) < 4.78 is 1.13. The van der Waals surface area contributed by atoms with E-state index in [0.717, 1.165) is 9.13 Å². The van der Waals surface area contributed by atoms with E-state index in [1.54, 1.807) is 0 Å². The van der Waals surface area contributed by atoms with Crippen LogP contribution in [0, 0.1) is 9.49 Å². The van der Waals surface area contributed by atoms with E-state index < -0.39 is 0 Å². The highest BCUT2D eigenvalue weighted by Crippen LogP contribution is 2.28. The SMILES string of the molecule is O=C(CC1CCCC1)N1CCN(C(=O)c2ccc(I)cc2)CC1. The summed E-state index contributed by atoms with van der Waals surface area (Å²) in [6, 6.07) is 7.66. The lowest BCUT2D eigenvalue weighted by Gasteiger charge is -2.35. The Hall–Kier alpha value is -1.11. The van der Waals surface area contributed by atoms with Gasteiger partial charge in [-0.15, -0.1) is 0 Å². The lowest BCUT2D eigenvalue weighted by molar-refractivity contribution is -0.133. The van der Waals surface area contributed by atoms with Crippen LogP contribution >= 0.6 is 22.6 Å². The fourth-order valence-corrected chi connectivity index (χ4v) is 3.88. The van der Waals surface area contributed by atoms with Gasteiger partial charge in [-0.3, -0.25) is 9.59 Å². The minimum Gasteiger partial charge on any atom is -0.339 e. The zero-order valence-electron chi connectivity index (χ0n) is 13.3. The Morgan fingerprint density at radius 1 is 0.957 bits per heavy atom. The number of carbonyl (C=O) groups is 2. The molecule has 0 aromatic heterocycles. The lowest BCUT2D eigenvalue weighted by Crippen LogP contribution is -2.50. The predicted octanol–water partition coefficient (Wildman–Crippen LogP) is 3.16. The molecule has 1 aliphatic heterocycles. The maximum atomic E-state index is 12.5. The van der Waals surface area contributed by atoms with Gasteiger partial charge in [0.05, 0.1) is 0 Å². The summed E-state index contributed by atoms with van der Waals surface area (Å²) in [4.78, 5) is 28.6. The highest BCUT2D eigenvalue weighted by Gasteiger charge is 2.27. The molecule has 124 valence electrons. The summed E-state index contributed by atoms with van der Waals surface area (Å²) in [6.45, 7) is 2.62. The molecule has 1 aromatic carbocycles. The van der Waals surface area contributed by atoms with Crippen LogP contribution in [0.3, 0.4) is 0 Å². The van der Waals surface area contributed by atoms with Crippen LogP contribution in [0.25, 0.3) is 0 Å². The van der Waals surface area contributed by atoms with Crippen molar-refractivity contribution in [3.63, 3.8) is 0 Å². The molecule has 1 aliphatic carbocycles. The smallest absolute Gasteiger partial charge is 0.253 e. The Balaban J connectivity index is 1.50. The summed E-state index contributed by atoms with van der Waals surface area (Å²) in [6.07, 6.45) is 5.66. The van der Waals surface area contributed by atoms with E-state index in [1.165, 1.54) is 25.7 Å². The molecule has 2 aliphatic rings. The standard InChI is InChI=1S/C18H23IN2O2/c19-16-7-5-15(6-8-16)18(23)21-11-9-20(10-12-21)17(22)13-14-3-1-2-4-14/h5-8,14H,1-4,9-13H2. The van der Waals surface area contributed by atoms with Crippen molar-refractivity contribution in [1.29, 1.82) is 0 Å². The van der Waals surface area contributed by atoms with E-state index in [1.807, 2.05) is 34.1 Å². The third-order valence-electron chi connectivity index (χ3n) is 4.95. The highest BCUT2D eigenvalue weighted by molar-refractivity contribution is 14.1. The molecule has 1 saturated heterocycles. The Bertz CT molecular complexity index is 559. The van der Waals surface area contributed by atoms with Crippen molar-refractivity contribution in [3.8, 4) is 0 Å². The van der Waals surface area contributed by atoms with Gasteiger partial charge in [-0.25, -0.2) is 0 Å². The molecule has 0 N–H and O–H groups in total. The van der Waals surface area contributed by atoms with Gasteiger partial charge in [0.25, 0.3) is 5.91 Å². The van der Waals surface area contributed by atoms with Gasteiger partial charge < -0.3 is 9.80 Å². The van der Waals surface area contributed by atoms with Crippen LogP contribution < -0.4 is 0 Å². The first-order valence-electron chi connectivity index (χ1n) is 8.46. The van der Waals surface area contributed by atoms with Crippen molar-refractivity contribution >= 4 is 34.4 Å². The van der Waals surface area contributed by atoms with E-state index in [2.05, 4.69) is 22.6 Å². The van der Waals surface area contributed by atoms with Gasteiger partial charge in [-0.1, -0.05) is 12.8 Å². The maximum absolute atomic E-state index is 12.5. The Kier molecular flexibility index (Phi) is 5.56. The minimum atomic E-state index is 0.0734. The molecule has 1 heterocycles. The summed E-state index contributed by atoms with van der Waals surface area (Å²) >= 11 is 2.24. The van der Waals surface area contributed by atoms with Crippen LogP contribution in [0.5, 0.6) is 0 Å². The van der Waals surface area contributed by atoms with Crippen molar-refractivity contribution in [3.05, 3.63) is 33.4 Å². The molecule has 23 heavy (non-hydrogen) atoms. The molecule has 1 aromatic rings. The molecular formula is C18H23IN2O2. The normalized spacial score (nSPS) is 19.2. The largest absolute Gasteiger partial charge is 0.339 e. The van der Waals surface area contributed by atoms with Crippen LogP contribution in [0.15, 0.2) is 24.3 Å². The fourth-order valence-electron chi connectivity index (χ4n) is 3.52. The van der Waals surface area contributed by atoms with E-state index in [0.29, 0.717) is 38.5 Å². The topological polar surface area (TPSA) is 40.6 Å². The average molecular weight is 426 g/mol. The first-order valence-corrected chi connectivity index (χ1v) is 9.54. The van der Waals surface area contributed by atoms with E-state index in [-0.39, 0.29) is 11.8 Å². The molecule has 1 saturated carbocycles. The molecule has 4 nitrogen and oxygen atoms in total. The molecule has 0 bridgehead atoms. The van der Waals surface area contributed by atoms with Crippen LogP contribution in [0.2, 0.25) is 0 Å². The molecular weight excluding hydrogens is 403 g/mol. The summed E-state index contributed by atoms with van der Waals surface area (Å²) in [7, 11) is 0. The van der Waals surface area contributed by atoms with Crippen molar-refractivity contribution in [2.75, 3.05) is 26.2 Å². The van der Waals surface area contributed by atoms with Gasteiger partial charge in [-0.05, 0) is 65.6 Å². The lowest BCUT2D eigenvalue weighted by atomic mass is 10.0. The molecule has 0 atom stereocenters. The van der Waals surface area contributed by atoms with Crippen molar-refractivity contribution in [2.45, 2.75) is 32.1 Å². The average Bonchev–Trinajstić information content (AvgIpc) is 3.08. The number of benzene rings is 1. The predicted molar refractivity (Wildman–Crippen MR) is 98.2 cm³/mol. The van der Waals surface area contributed by atoms with E-state index >= 15 is 0 Å². The number of nitrogens with zero attached hydrogens (tertiary/aromatic N) is 2. The molecule has 0 radical (unpaired) electrons. The van der Waals surface area contributed by atoms with Gasteiger partial charge in [-0.2, -0.15) is 0 Å². The quantitative estimate of drug-likeness (QED) is 0.697. The second-order valence-corrected chi connectivity index (χ2v) is 7.78. The Morgan fingerprint density at radius 3 is 2.13 bits per heavy atom. The molecule has 3 rings (SSSR count). The number of hydrogen-bond acceptors (Lipinski definition) is 2. The first kappa shape index (κ1) is 16.7. The second kappa shape index (κ2) is 7.64. The molecule has 2 fully saturated rings. The minimum absolute atomic E-state index is 0.0734. The number of rotatable bonds is 3. The summed E-state index contributed by atoms with van der Waals surface area (Å²) in [5, 5.41) is 0. The zero-order chi connectivity index (χ0) is 16.2. The highest BCUT2D eigenvalue weighted by atomic mass is 127. The molecule has 0 spiro atoms. The van der Waals surface area contributed by atoms with Gasteiger partial charge in [0, 0.05) is 41.7 Å². The van der Waals surface area contributed by atoms with Crippen LogP contribution in [0.4, 0.5) is 0 Å². The van der Waals surface area contributed by atoms with E-state index in [9.17, 15) is 9.59 Å². The second-order valence-electron chi connectivity index (χ2n) is 6.53.